The van der Waals surface area contributed by atoms with Crippen LogP contribution in [-0.2, 0) is 11.3 Å². The topological polar surface area (TPSA) is 88.0 Å². The average molecular weight is 492 g/mol. The van der Waals surface area contributed by atoms with Crippen LogP contribution in [0.25, 0.3) is 0 Å². The van der Waals surface area contributed by atoms with E-state index in [4.69, 9.17) is 14.5 Å². The van der Waals surface area contributed by atoms with E-state index >= 15 is 0 Å². The number of piperidine rings is 1. The van der Waals surface area contributed by atoms with Crippen LogP contribution in [0.5, 0.6) is 5.75 Å². The van der Waals surface area contributed by atoms with E-state index in [0.29, 0.717) is 43.4 Å². The second-order valence-electron chi connectivity index (χ2n) is 8.76. The van der Waals surface area contributed by atoms with Crippen molar-refractivity contribution >= 4 is 24.1 Å². The fourth-order valence-corrected chi connectivity index (χ4v) is 4.14. The minimum Gasteiger partial charge on any atom is -0.489 e. The van der Waals surface area contributed by atoms with Crippen LogP contribution in [0, 0.1) is 5.82 Å². The molecule has 2 fully saturated rings. The van der Waals surface area contributed by atoms with Crippen molar-refractivity contribution in [3.8, 4) is 5.75 Å². The van der Waals surface area contributed by atoms with Crippen LogP contribution >= 0.6 is 0 Å². The third-order valence-corrected chi connectivity index (χ3v) is 6.10. The summed E-state index contributed by atoms with van der Waals surface area (Å²) in [5.74, 6) is 2.17. The number of aromatic nitrogens is 3. The molecule has 5 rings (SSSR count). The summed E-state index contributed by atoms with van der Waals surface area (Å²) in [5, 5.41) is 4.37. The zero-order valence-corrected chi connectivity index (χ0v) is 20.1. The van der Waals surface area contributed by atoms with E-state index in [1.54, 1.807) is 18.3 Å². The molecule has 1 N–H and O–H groups in total. The summed E-state index contributed by atoms with van der Waals surface area (Å²) in [4.78, 5) is 18.3. The Morgan fingerprint density at radius 2 is 1.64 bits per heavy atom. The van der Waals surface area contributed by atoms with Crippen molar-refractivity contribution in [2.24, 2.45) is 5.10 Å². The van der Waals surface area contributed by atoms with Crippen molar-refractivity contribution in [2.45, 2.75) is 25.9 Å². The number of nitrogens with one attached hydrogen (secondary N) is 1. The molecule has 188 valence electrons. The van der Waals surface area contributed by atoms with Gasteiger partial charge in [-0.15, -0.1) is 0 Å². The summed E-state index contributed by atoms with van der Waals surface area (Å²) in [6, 6.07) is 13.9. The highest BCUT2D eigenvalue weighted by molar-refractivity contribution is 5.80. The number of rotatable bonds is 8. The summed E-state index contributed by atoms with van der Waals surface area (Å²) >= 11 is 0. The van der Waals surface area contributed by atoms with Crippen molar-refractivity contribution in [2.75, 3.05) is 54.6 Å². The molecule has 0 unspecified atom stereocenters. The Kier molecular flexibility index (Phi) is 7.82. The molecule has 3 heterocycles. The fourth-order valence-electron chi connectivity index (χ4n) is 4.14. The van der Waals surface area contributed by atoms with Gasteiger partial charge in [0, 0.05) is 26.2 Å². The Hall–Kier alpha value is -3.79. The Balaban J connectivity index is 1.26. The molecule has 0 radical (unpaired) electrons. The maximum atomic E-state index is 13.1. The number of halogens is 1. The Morgan fingerprint density at radius 3 is 2.39 bits per heavy atom. The Labute approximate surface area is 210 Å². The number of benzene rings is 2. The molecule has 0 aliphatic carbocycles. The summed E-state index contributed by atoms with van der Waals surface area (Å²) in [5.41, 5.74) is 4.74. The lowest BCUT2D eigenvalue weighted by atomic mass is 10.1. The number of nitrogens with zero attached hydrogens (tertiary/aromatic N) is 6. The van der Waals surface area contributed by atoms with Gasteiger partial charge >= 0.3 is 0 Å². The Bertz CT molecular complexity index is 1130. The zero-order valence-electron chi connectivity index (χ0n) is 20.1. The molecule has 36 heavy (non-hydrogen) atoms. The fraction of sp³-hybridized carbons (Fsp3) is 0.385. The van der Waals surface area contributed by atoms with Crippen LogP contribution in [0.2, 0.25) is 0 Å². The molecule has 2 aliphatic rings. The van der Waals surface area contributed by atoms with E-state index in [-0.39, 0.29) is 5.82 Å². The summed E-state index contributed by atoms with van der Waals surface area (Å²) in [6.45, 7) is 5.05. The van der Waals surface area contributed by atoms with Crippen molar-refractivity contribution in [1.29, 1.82) is 0 Å². The standard InChI is InChI=1S/C26H30FN7O2/c27-22-9-7-20(8-10-22)19-36-23-6-4-5-21(17-23)18-28-32-24-29-25(33-11-2-1-3-12-33)31-26(30-24)34-13-15-35-16-14-34/h4-10,17-18H,1-3,11-16,19H2,(H,29,30,31,32)/b28-18-. The van der Waals surface area contributed by atoms with Crippen LogP contribution < -0.4 is 20.0 Å². The van der Waals surface area contributed by atoms with Crippen molar-refractivity contribution < 1.29 is 13.9 Å². The van der Waals surface area contributed by atoms with Gasteiger partial charge in [-0.2, -0.15) is 20.1 Å². The number of hydrogen-bond donors (Lipinski definition) is 1. The predicted molar refractivity (Wildman–Crippen MR) is 137 cm³/mol. The molecule has 0 saturated carbocycles. The highest BCUT2D eigenvalue weighted by atomic mass is 19.1. The molecule has 10 heteroatoms. The molecule has 0 atom stereocenters. The zero-order chi connectivity index (χ0) is 24.6. The van der Waals surface area contributed by atoms with E-state index < -0.39 is 0 Å². The summed E-state index contributed by atoms with van der Waals surface area (Å²) in [6.07, 6.45) is 5.21. The molecular formula is C26H30FN7O2. The molecule has 9 nitrogen and oxygen atoms in total. The molecular weight excluding hydrogens is 461 g/mol. The van der Waals surface area contributed by atoms with Gasteiger partial charge in [-0.25, -0.2) is 9.82 Å². The maximum absolute atomic E-state index is 13.1. The van der Waals surface area contributed by atoms with Crippen LogP contribution in [0.3, 0.4) is 0 Å². The van der Waals surface area contributed by atoms with E-state index in [0.717, 1.165) is 50.1 Å². The van der Waals surface area contributed by atoms with Crippen molar-refractivity contribution in [3.05, 3.63) is 65.5 Å². The number of hydrogen-bond acceptors (Lipinski definition) is 9. The number of hydrazone groups is 1. The van der Waals surface area contributed by atoms with E-state index in [1.165, 1.54) is 18.6 Å². The van der Waals surface area contributed by atoms with Crippen molar-refractivity contribution in [3.63, 3.8) is 0 Å². The van der Waals surface area contributed by atoms with Gasteiger partial charge in [-0.05, 0) is 54.7 Å². The quantitative estimate of drug-likeness (QED) is 0.375. The normalized spacial score (nSPS) is 16.4. The Morgan fingerprint density at radius 1 is 0.917 bits per heavy atom. The van der Waals surface area contributed by atoms with Crippen LogP contribution in [0.15, 0.2) is 53.6 Å². The van der Waals surface area contributed by atoms with Crippen LogP contribution in [0.4, 0.5) is 22.2 Å². The van der Waals surface area contributed by atoms with Gasteiger partial charge in [0.25, 0.3) is 0 Å². The van der Waals surface area contributed by atoms with Crippen LogP contribution in [-0.4, -0.2) is 60.6 Å². The van der Waals surface area contributed by atoms with E-state index in [9.17, 15) is 4.39 Å². The molecule has 2 aliphatic heterocycles. The largest absolute Gasteiger partial charge is 0.489 e. The van der Waals surface area contributed by atoms with Gasteiger partial charge in [-0.3, -0.25) is 0 Å². The van der Waals surface area contributed by atoms with E-state index in [1.807, 2.05) is 24.3 Å². The van der Waals surface area contributed by atoms with Gasteiger partial charge in [0.2, 0.25) is 17.8 Å². The third kappa shape index (κ3) is 6.45. The highest BCUT2D eigenvalue weighted by Gasteiger charge is 2.20. The first-order valence-electron chi connectivity index (χ1n) is 12.3. The van der Waals surface area contributed by atoms with Gasteiger partial charge in [-0.1, -0.05) is 24.3 Å². The first-order chi connectivity index (χ1) is 17.7. The smallest absolute Gasteiger partial charge is 0.250 e. The molecule has 2 aromatic carbocycles. The van der Waals surface area contributed by atoms with E-state index in [2.05, 4.69) is 30.3 Å². The first kappa shape index (κ1) is 23.9. The summed E-state index contributed by atoms with van der Waals surface area (Å²) < 4.78 is 24.4. The molecule has 0 amide bonds. The van der Waals surface area contributed by atoms with Gasteiger partial charge in [0.1, 0.15) is 18.2 Å². The molecule has 0 spiro atoms. The lowest BCUT2D eigenvalue weighted by Gasteiger charge is -2.30. The lowest BCUT2D eigenvalue weighted by Crippen LogP contribution is -2.38. The number of morpholine rings is 1. The third-order valence-electron chi connectivity index (χ3n) is 6.10. The SMILES string of the molecule is Fc1ccc(COc2cccc(/C=N\Nc3nc(N4CCCCC4)nc(N4CCOCC4)n3)c2)cc1. The molecule has 1 aromatic heterocycles. The van der Waals surface area contributed by atoms with Crippen LogP contribution in [0.1, 0.15) is 30.4 Å². The predicted octanol–water partition coefficient (Wildman–Crippen LogP) is 3.86. The average Bonchev–Trinajstić information content (AvgIpc) is 2.94. The molecule has 3 aromatic rings. The number of anilines is 3. The first-order valence-corrected chi connectivity index (χ1v) is 12.3. The van der Waals surface area contributed by atoms with Crippen molar-refractivity contribution in [1.82, 2.24) is 15.0 Å². The van der Waals surface area contributed by atoms with Gasteiger partial charge in [0.05, 0.1) is 19.4 Å². The minimum absolute atomic E-state index is 0.261. The van der Waals surface area contributed by atoms with Gasteiger partial charge < -0.3 is 19.3 Å². The summed E-state index contributed by atoms with van der Waals surface area (Å²) in [7, 11) is 0. The van der Waals surface area contributed by atoms with Gasteiger partial charge in [0.15, 0.2) is 0 Å². The molecule has 2 saturated heterocycles. The number of ether oxygens (including phenoxy) is 2. The molecule has 0 bridgehead atoms. The second kappa shape index (κ2) is 11.8. The lowest BCUT2D eigenvalue weighted by molar-refractivity contribution is 0.122. The highest BCUT2D eigenvalue weighted by Crippen LogP contribution is 2.21. The maximum Gasteiger partial charge on any atom is 0.250 e. The minimum atomic E-state index is -0.261. The second-order valence-corrected chi connectivity index (χ2v) is 8.76. The monoisotopic (exact) mass is 491 g/mol.